The van der Waals surface area contributed by atoms with Gasteiger partial charge in [0.05, 0.1) is 13.4 Å². The van der Waals surface area contributed by atoms with Gasteiger partial charge in [-0.05, 0) is 36.2 Å². The number of hydrogen-bond donors (Lipinski definition) is 0. The number of furan rings is 1. The topological polar surface area (TPSA) is 45.9 Å². The van der Waals surface area contributed by atoms with Gasteiger partial charge >= 0.3 is 0 Å². The first-order valence-corrected chi connectivity index (χ1v) is 7.94. The zero-order chi connectivity index (χ0) is 16.1. The lowest BCUT2D eigenvalue weighted by Crippen LogP contribution is -2.49. The van der Waals surface area contributed by atoms with Crippen molar-refractivity contribution in [1.29, 1.82) is 0 Å². The van der Waals surface area contributed by atoms with Crippen LogP contribution >= 0.6 is 0 Å². The van der Waals surface area contributed by atoms with Crippen LogP contribution in [0.15, 0.2) is 47.1 Å². The van der Waals surface area contributed by atoms with Crippen molar-refractivity contribution in [2.24, 2.45) is 0 Å². The maximum absolute atomic E-state index is 12.2. The summed E-state index contributed by atoms with van der Waals surface area (Å²) in [5, 5.41) is 0. The Morgan fingerprint density at radius 3 is 2.70 bits per heavy atom. The van der Waals surface area contributed by atoms with Gasteiger partial charge in [-0.1, -0.05) is 12.1 Å². The molecule has 2 heterocycles. The van der Waals surface area contributed by atoms with Crippen LogP contribution < -0.4 is 4.74 Å². The largest absolute Gasteiger partial charge is 0.497 e. The molecule has 1 aromatic carbocycles. The van der Waals surface area contributed by atoms with Crippen molar-refractivity contribution in [3.8, 4) is 5.75 Å². The molecule has 0 unspecified atom stereocenters. The summed E-state index contributed by atoms with van der Waals surface area (Å²) in [6, 6.07) is 11.7. The molecule has 122 valence electrons. The van der Waals surface area contributed by atoms with Gasteiger partial charge in [0.1, 0.15) is 5.75 Å². The quantitative estimate of drug-likeness (QED) is 0.849. The zero-order valence-corrected chi connectivity index (χ0v) is 13.4. The fourth-order valence-electron chi connectivity index (χ4n) is 2.85. The van der Waals surface area contributed by atoms with E-state index in [0.717, 1.165) is 44.9 Å². The third kappa shape index (κ3) is 3.93. The van der Waals surface area contributed by atoms with Crippen LogP contribution in [0.5, 0.6) is 5.75 Å². The van der Waals surface area contributed by atoms with E-state index in [-0.39, 0.29) is 5.91 Å². The number of rotatable bonds is 5. The molecule has 1 fully saturated rings. The van der Waals surface area contributed by atoms with Crippen LogP contribution in [0.4, 0.5) is 0 Å². The number of benzene rings is 1. The first-order chi connectivity index (χ1) is 11.3. The van der Waals surface area contributed by atoms with Crippen molar-refractivity contribution in [2.45, 2.75) is 6.42 Å². The van der Waals surface area contributed by atoms with Crippen LogP contribution in [-0.2, 0) is 6.42 Å². The van der Waals surface area contributed by atoms with Crippen LogP contribution in [-0.4, -0.2) is 55.5 Å². The predicted molar refractivity (Wildman–Crippen MR) is 87.7 cm³/mol. The maximum atomic E-state index is 12.2. The number of nitrogens with zero attached hydrogens (tertiary/aromatic N) is 2. The van der Waals surface area contributed by atoms with Crippen molar-refractivity contribution in [3.63, 3.8) is 0 Å². The van der Waals surface area contributed by atoms with Crippen LogP contribution in [0.1, 0.15) is 16.1 Å². The van der Waals surface area contributed by atoms with Gasteiger partial charge in [-0.15, -0.1) is 0 Å². The van der Waals surface area contributed by atoms with Gasteiger partial charge < -0.3 is 14.1 Å². The fourth-order valence-corrected chi connectivity index (χ4v) is 2.85. The monoisotopic (exact) mass is 314 g/mol. The summed E-state index contributed by atoms with van der Waals surface area (Å²) in [7, 11) is 1.69. The second kappa shape index (κ2) is 7.33. The smallest absolute Gasteiger partial charge is 0.289 e. The van der Waals surface area contributed by atoms with E-state index in [1.807, 2.05) is 17.0 Å². The lowest BCUT2D eigenvalue weighted by Gasteiger charge is -2.34. The molecule has 0 spiro atoms. The third-order valence-electron chi connectivity index (χ3n) is 4.24. The van der Waals surface area contributed by atoms with Gasteiger partial charge in [-0.25, -0.2) is 0 Å². The molecular weight excluding hydrogens is 292 g/mol. The molecule has 2 aromatic rings. The Balaban J connectivity index is 1.46. The number of carbonyl (C=O) groups is 1. The van der Waals surface area contributed by atoms with Gasteiger partial charge in [-0.2, -0.15) is 0 Å². The SMILES string of the molecule is COc1cccc(CCN2CCN(C(=O)c3ccco3)CC2)c1. The first kappa shape index (κ1) is 15.6. The molecule has 0 bridgehead atoms. The number of amides is 1. The van der Waals surface area contributed by atoms with Gasteiger partial charge in [0, 0.05) is 32.7 Å². The Labute approximate surface area is 136 Å². The van der Waals surface area contributed by atoms with Crippen molar-refractivity contribution in [2.75, 3.05) is 39.8 Å². The molecule has 5 nitrogen and oxygen atoms in total. The standard InChI is InChI=1S/C18H22N2O3/c1-22-16-5-2-4-15(14-16)7-8-19-9-11-20(12-10-19)18(21)17-6-3-13-23-17/h2-6,13-14H,7-12H2,1H3. The van der Waals surface area contributed by atoms with Gasteiger partial charge in [0.25, 0.3) is 5.91 Å². The van der Waals surface area contributed by atoms with Crippen LogP contribution in [0.3, 0.4) is 0 Å². The van der Waals surface area contributed by atoms with Crippen molar-refractivity contribution in [3.05, 3.63) is 54.0 Å². The van der Waals surface area contributed by atoms with E-state index in [1.165, 1.54) is 11.8 Å². The number of piperazine rings is 1. The second-order valence-corrected chi connectivity index (χ2v) is 5.71. The second-order valence-electron chi connectivity index (χ2n) is 5.71. The molecule has 1 saturated heterocycles. The first-order valence-electron chi connectivity index (χ1n) is 7.94. The molecule has 23 heavy (non-hydrogen) atoms. The summed E-state index contributed by atoms with van der Waals surface area (Å²) in [4.78, 5) is 16.5. The highest BCUT2D eigenvalue weighted by molar-refractivity contribution is 5.91. The minimum Gasteiger partial charge on any atom is -0.497 e. The molecule has 3 rings (SSSR count). The average Bonchev–Trinajstić information content (AvgIpc) is 3.14. The molecular formula is C18H22N2O3. The summed E-state index contributed by atoms with van der Waals surface area (Å²) >= 11 is 0. The zero-order valence-electron chi connectivity index (χ0n) is 13.4. The Morgan fingerprint density at radius 1 is 1.17 bits per heavy atom. The lowest BCUT2D eigenvalue weighted by atomic mass is 10.1. The predicted octanol–water partition coefficient (Wildman–Crippen LogP) is 2.29. The molecule has 0 N–H and O–H groups in total. The number of hydrogen-bond acceptors (Lipinski definition) is 4. The molecule has 0 aliphatic carbocycles. The highest BCUT2D eigenvalue weighted by Gasteiger charge is 2.23. The summed E-state index contributed by atoms with van der Waals surface area (Å²) in [6.07, 6.45) is 2.53. The van der Waals surface area contributed by atoms with Crippen LogP contribution in [0.2, 0.25) is 0 Å². The molecule has 0 radical (unpaired) electrons. The van der Waals surface area contributed by atoms with E-state index < -0.39 is 0 Å². The van der Waals surface area contributed by atoms with E-state index in [0.29, 0.717) is 5.76 Å². The Morgan fingerprint density at radius 2 is 2.00 bits per heavy atom. The Hall–Kier alpha value is -2.27. The number of methoxy groups -OCH3 is 1. The van der Waals surface area contributed by atoms with E-state index in [2.05, 4.69) is 17.0 Å². The summed E-state index contributed by atoms with van der Waals surface area (Å²) in [5.74, 6) is 1.31. The molecule has 0 atom stereocenters. The van der Waals surface area contributed by atoms with E-state index >= 15 is 0 Å². The van der Waals surface area contributed by atoms with Crippen LogP contribution in [0, 0.1) is 0 Å². The number of ether oxygens (including phenoxy) is 1. The minimum atomic E-state index is -0.0116. The summed E-state index contributed by atoms with van der Waals surface area (Å²) < 4.78 is 10.4. The molecule has 1 amide bonds. The maximum Gasteiger partial charge on any atom is 0.289 e. The van der Waals surface area contributed by atoms with Gasteiger partial charge in [-0.3, -0.25) is 9.69 Å². The molecule has 0 saturated carbocycles. The Bertz CT molecular complexity index is 631. The molecule has 1 aromatic heterocycles. The average molecular weight is 314 g/mol. The van der Waals surface area contributed by atoms with E-state index in [9.17, 15) is 4.79 Å². The fraction of sp³-hybridized carbons (Fsp3) is 0.389. The molecule has 1 aliphatic rings. The molecule has 5 heteroatoms. The van der Waals surface area contributed by atoms with Crippen molar-refractivity contribution < 1.29 is 13.9 Å². The minimum absolute atomic E-state index is 0.0116. The molecule has 1 aliphatic heterocycles. The van der Waals surface area contributed by atoms with E-state index in [1.54, 1.807) is 19.2 Å². The third-order valence-corrected chi connectivity index (χ3v) is 4.24. The van der Waals surface area contributed by atoms with Crippen molar-refractivity contribution >= 4 is 5.91 Å². The normalized spacial score (nSPS) is 15.6. The van der Waals surface area contributed by atoms with E-state index in [4.69, 9.17) is 9.15 Å². The van der Waals surface area contributed by atoms with Gasteiger partial charge in [0.15, 0.2) is 5.76 Å². The summed E-state index contributed by atoms with van der Waals surface area (Å²) in [6.45, 7) is 4.29. The number of carbonyl (C=O) groups excluding carboxylic acids is 1. The van der Waals surface area contributed by atoms with Gasteiger partial charge in [0.2, 0.25) is 0 Å². The van der Waals surface area contributed by atoms with Crippen molar-refractivity contribution in [1.82, 2.24) is 9.80 Å². The highest BCUT2D eigenvalue weighted by Crippen LogP contribution is 2.14. The Kier molecular flexibility index (Phi) is 4.98. The van der Waals surface area contributed by atoms with Crippen LogP contribution in [0.25, 0.3) is 0 Å². The summed E-state index contributed by atoms with van der Waals surface area (Å²) in [5.41, 5.74) is 1.28. The highest BCUT2D eigenvalue weighted by atomic mass is 16.5. The lowest BCUT2D eigenvalue weighted by molar-refractivity contribution is 0.0607.